The number of carbonyl (C=O) groups excluding carboxylic acids is 2. The highest BCUT2D eigenvalue weighted by Gasteiger charge is 2.05. The number of hydrogen-bond acceptors (Lipinski definition) is 3. The molecular formula is C6H11NO3. The van der Waals surface area contributed by atoms with Gasteiger partial charge in [0, 0.05) is 13.1 Å². The number of nitrogens with zero attached hydrogens (tertiary/aromatic N) is 1. The minimum absolute atomic E-state index is 0.693. The van der Waals surface area contributed by atoms with E-state index in [0.29, 0.717) is 13.2 Å². The Hall–Kier alpha value is -0.900. The largest absolute Gasteiger partial charge is 0.378 e. The van der Waals surface area contributed by atoms with Crippen LogP contribution in [0.25, 0.3) is 0 Å². The zero-order chi connectivity index (χ0) is 7.82. The summed E-state index contributed by atoms with van der Waals surface area (Å²) in [6, 6.07) is 0. The standard InChI is InChI=1S/C5H9NO2.CH2O/c7-5-6-1-3-8-4-2-6;1-2/h5H,1-4H2;1H2. The molecule has 1 saturated heterocycles. The third kappa shape index (κ3) is 3.19. The van der Waals surface area contributed by atoms with Gasteiger partial charge in [0.05, 0.1) is 13.2 Å². The molecule has 1 heterocycles. The number of hydrogen-bond donors (Lipinski definition) is 0. The number of rotatable bonds is 1. The summed E-state index contributed by atoms with van der Waals surface area (Å²) in [5.74, 6) is 0. The lowest BCUT2D eigenvalue weighted by molar-refractivity contribution is -0.121. The van der Waals surface area contributed by atoms with Crippen LogP contribution in [0.2, 0.25) is 0 Å². The van der Waals surface area contributed by atoms with Crippen molar-refractivity contribution in [2.24, 2.45) is 0 Å². The van der Waals surface area contributed by atoms with Crippen LogP contribution in [0.15, 0.2) is 0 Å². The Morgan fingerprint density at radius 1 is 1.30 bits per heavy atom. The number of ether oxygens (including phenoxy) is 1. The van der Waals surface area contributed by atoms with Crippen molar-refractivity contribution in [3.05, 3.63) is 0 Å². The van der Waals surface area contributed by atoms with Crippen LogP contribution in [-0.2, 0) is 14.3 Å². The zero-order valence-electron chi connectivity index (χ0n) is 5.78. The van der Waals surface area contributed by atoms with Crippen LogP contribution in [0.3, 0.4) is 0 Å². The minimum Gasteiger partial charge on any atom is -0.378 e. The molecule has 0 aromatic rings. The number of carbonyl (C=O) groups is 2. The summed E-state index contributed by atoms with van der Waals surface area (Å²) >= 11 is 0. The molecule has 4 nitrogen and oxygen atoms in total. The summed E-state index contributed by atoms with van der Waals surface area (Å²) in [7, 11) is 0. The van der Waals surface area contributed by atoms with Crippen molar-refractivity contribution >= 4 is 13.2 Å². The van der Waals surface area contributed by atoms with Gasteiger partial charge in [-0.25, -0.2) is 0 Å². The lowest BCUT2D eigenvalue weighted by Gasteiger charge is -2.21. The molecule has 0 aromatic heterocycles. The Bertz CT molecular complexity index is 91.0. The molecule has 1 rings (SSSR count). The van der Waals surface area contributed by atoms with Crippen LogP contribution in [0.5, 0.6) is 0 Å². The smallest absolute Gasteiger partial charge is 0.209 e. The average molecular weight is 145 g/mol. The Kier molecular flexibility index (Phi) is 5.66. The predicted octanol–water partition coefficient (Wildman–Crippen LogP) is -0.710. The summed E-state index contributed by atoms with van der Waals surface area (Å²) in [6.45, 7) is 4.89. The van der Waals surface area contributed by atoms with Gasteiger partial charge in [-0.1, -0.05) is 0 Å². The van der Waals surface area contributed by atoms with Crippen LogP contribution in [0, 0.1) is 0 Å². The van der Waals surface area contributed by atoms with Crippen LogP contribution < -0.4 is 0 Å². The molecular weight excluding hydrogens is 134 g/mol. The third-order valence-corrected chi connectivity index (χ3v) is 1.19. The van der Waals surface area contributed by atoms with Gasteiger partial charge in [-0.2, -0.15) is 0 Å². The maximum Gasteiger partial charge on any atom is 0.209 e. The molecule has 0 radical (unpaired) electrons. The van der Waals surface area contributed by atoms with Gasteiger partial charge in [0.25, 0.3) is 0 Å². The fourth-order valence-electron chi connectivity index (χ4n) is 0.683. The van der Waals surface area contributed by atoms with Crippen LogP contribution >= 0.6 is 0 Å². The summed E-state index contributed by atoms with van der Waals surface area (Å²) in [6.07, 6.45) is 0.864. The summed E-state index contributed by atoms with van der Waals surface area (Å²) in [5, 5.41) is 0. The number of morpholine rings is 1. The lowest BCUT2D eigenvalue weighted by atomic mass is 10.5. The molecule has 10 heavy (non-hydrogen) atoms. The van der Waals surface area contributed by atoms with E-state index in [4.69, 9.17) is 9.53 Å². The van der Waals surface area contributed by atoms with Crippen molar-refractivity contribution < 1.29 is 14.3 Å². The Balaban J connectivity index is 0.000000371. The van der Waals surface area contributed by atoms with Crippen molar-refractivity contribution in [3.8, 4) is 0 Å². The summed E-state index contributed by atoms with van der Waals surface area (Å²) in [4.78, 5) is 19.7. The molecule has 1 amide bonds. The summed E-state index contributed by atoms with van der Waals surface area (Å²) < 4.78 is 5.00. The van der Waals surface area contributed by atoms with Gasteiger partial charge in [0.1, 0.15) is 6.79 Å². The second kappa shape index (κ2) is 6.22. The quantitative estimate of drug-likeness (QED) is 0.458. The normalized spacial score (nSPS) is 17.0. The van der Waals surface area contributed by atoms with Crippen molar-refractivity contribution in [2.45, 2.75) is 0 Å². The predicted molar refractivity (Wildman–Crippen MR) is 35.6 cm³/mol. The van der Waals surface area contributed by atoms with E-state index in [1.807, 2.05) is 6.79 Å². The van der Waals surface area contributed by atoms with E-state index >= 15 is 0 Å². The van der Waals surface area contributed by atoms with Crippen molar-refractivity contribution in [3.63, 3.8) is 0 Å². The molecule has 1 aliphatic heterocycles. The summed E-state index contributed by atoms with van der Waals surface area (Å²) in [5.41, 5.74) is 0. The van der Waals surface area contributed by atoms with E-state index < -0.39 is 0 Å². The van der Waals surface area contributed by atoms with E-state index in [1.54, 1.807) is 4.90 Å². The van der Waals surface area contributed by atoms with Gasteiger partial charge in [-0.05, 0) is 0 Å². The molecule has 0 bridgehead atoms. The molecule has 0 atom stereocenters. The maximum atomic E-state index is 10.0. The first-order valence-corrected chi connectivity index (χ1v) is 2.99. The third-order valence-electron chi connectivity index (χ3n) is 1.19. The molecule has 0 aromatic carbocycles. The van der Waals surface area contributed by atoms with Gasteiger partial charge in [0.15, 0.2) is 0 Å². The highest BCUT2D eigenvalue weighted by atomic mass is 16.5. The SMILES string of the molecule is C=O.O=CN1CCOCC1. The highest BCUT2D eigenvalue weighted by Crippen LogP contribution is 1.90. The zero-order valence-corrected chi connectivity index (χ0v) is 5.78. The Labute approximate surface area is 59.8 Å². The van der Waals surface area contributed by atoms with Crippen LogP contribution in [0.1, 0.15) is 0 Å². The fraction of sp³-hybridized carbons (Fsp3) is 0.667. The fourth-order valence-corrected chi connectivity index (χ4v) is 0.683. The van der Waals surface area contributed by atoms with Crippen LogP contribution in [-0.4, -0.2) is 44.4 Å². The molecule has 0 unspecified atom stereocenters. The molecule has 0 aliphatic carbocycles. The van der Waals surface area contributed by atoms with Crippen molar-refractivity contribution in [1.29, 1.82) is 0 Å². The van der Waals surface area contributed by atoms with Gasteiger partial charge in [-0.15, -0.1) is 0 Å². The van der Waals surface area contributed by atoms with Crippen molar-refractivity contribution in [1.82, 2.24) is 4.90 Å². The maximum absolute atomic E-state index is 10.0. The molecule has 0 saturated carbocycles. The molecule has 4 heteroatoms. The van der Waals surface area contributed by atoms with Gasteiger partial charge in [-0.3, -0.25) is 4.79 Å². The first kappa shape index (κ1) is 9.10. The van der Waals surface area contributed by atoms with Gasteiger partial charge >= 0.3 is 0 Å². The van der Waals surface area contributed by atoms with E-state index in [-0.39, 0.29) is 0 Å². The van der Waals surface area contributed by atoms with Gasteiger partial charge < -0.3 is 14.4 Å². The Morgan fingerprint density at radius 2 is 1.80 bits per heavy atom. The van der Waals surface area contributed by atoms with E-state index in [0.717, 1.165) is 19.5 Å². The molecule has 1 aliphatic rings. The molecule has 0 N–H and O–H groups in total. The second-order valence-electron chi connectivity index (χ2n) is 1.75. The van der Waals surface area contributed by atoms with Crippen molar-refractivity contribution in [2.75, 3.05) is 26.3 Å². The molecule has 0 spiro atoms. The highest BCUT2D eigenvalue weighted by molar-refractivity contribution is 5.46. The molecule has 58 valence electrons. The Morgan fingerprint density at radius 3 is 2.10 bits per heavy atom. The van der Waals surface area contributed by atoms with E-state index in [9.17, 15) is 4.79 Å². The molecule has 1 fully saturated rings. The first-order chi connectivity index (χ1) is 4.93. The monoisotopic (exact) mass is 145 g/mol. The second-order valence-corrected chi connectivity index (χ2v) is 1.75. The van der Waals surface area contributed by atoms with E-state index in [1.165, 1.54) is 0 Å². The van der Waals surface area contributed by atoms with Crippen LogP contribution in [0.4, 0.5) is 0 Å². The lowest BCUT2D eigenvalue weighted by Crippen LogP contribution is -2.34. The van der Waals surface area contributed by atoms with Gasteiger partial charge in [0.2, 0.25) is 6.41 Å². The van der Waals surface area contributed by atoms with E-state index in [2.05, 4.69) is 0 Å². The average Bonchev–Trinajstić information content (AvgIpc) is 2.10. The number of amides is 1. The minimum atomic E-state index is 0.693. The first-order valence-electron chi connectivity index (χ1n) is 2.99. The topological polar surface area (TPSA) is 46.6 Å².